The monoisotopic (exact) mass is 263 g/mol. The Hall–Kier alpha value is -2.83. The van der Waals surface area contributed by atoms with Crippen molar-refractivity contribution in [1.29, 1.82) is 0 Å². The van der Waals surface area contributed by atoms with Gasteiger partial charge in [0.1, 0.15) is 12.2 Å². The predicted molar refractivity (Wildman–Crippen MR) is 63.5 cm³/mol. The molecule has 1 aromatic heterocycles. The molecule has 7 heteroatoms. The van der Waals surface area contributed by atoms with E-state index in [1.54, 1.807) is 12.1 Å². The number of carboxylic acid groups (broad SMARTS) is 3. The minimum atomic E-state index is -1.48. The second-order valence-corrected chi connectivity index (χ2v) is 3.83. The highest BCUT2D eigenvalue weighted by Crippen LogP contribution is 2.26. The number of aliphatic carboxylic acids is 1. The van der Waals surface area contributed by atoms with Gasteiger partial charge in [-0.15, -0.1) is 0 Å². The molecule has 0 aliphatic heterocycles. The van der Waals surface area contributed by atoms with E-state index in [2.05, 4.69) is 0 Å². The van der Waals surface area contributed by atoms with Crippen LogP contribution in [0.4, 0.5) is 0 Å². The van der Waals surface area contributed by atoms with Crippen molar-refractivity contribution in [3.05, 3.63) is 35.5 Å². The molecular formula is C12H9NO6. The first kappa shape index (κ1) is 12.6. The van der Waals surface area contributed by atoms with Crippen molar-refractivity contribution in [1.82, 2.24) is 4.57 Å². The quantitative estimate of drug-likeness (QED) is 0.761. The number of hydrogen-bond donors (Lipinski definition) is 3. The molecule has 3 N–H and O–H groups in total. The maximum Gasteiger partial charge on any atom is 0.353 e. The molecule has 2 rings (SSSR count). The molecule has 0 saturated carbocycles. The standard InChI is InChI=1S/C12H9NO6/c14-8(15)5-13-7-4-2-1-3-6(7)9(11(16)17)10(13)12(18)19/h1-4H,5H2,(H,14,15)(H,16,17)(H,18,19). The first-order valence-electron chi connectivity index (χ1n) is 5.23. The number of benzene rings is 1. The fourth-order valence-electron chi connectivity index (χ4n) is 2.04. The van der Waals surface area contributed by atoms with E-state index < -0.39 is 35.7 Å². The molecule has 1 heterocycles. The van der Waals surface area contributed by atoms with E-state index >= 15 is 0 Å². The molecule has 0 radical (unpaired) electrons. The summed E-state index contributed by atoms with van der Waals surface area (Å²) in [5, 5.41) is 27.3. The van der Waals surface area contributed by atoms with Crippen LogP contribution in [0.25, 0.3) is 10.9 Å². The number of aromatic nitrogens is 1. The number of rotatable bonds is 4. The molecule has 2 aromatic rings. The Morgan fingerprint density at radius 1 is 1.00 bits per heavy atom. The Labute approximate surface area is 106 Å². The smallest absolute Gasteiger partial charge is 0.353 e. The van der Waals surface area contributed by atoms with Gasteiger partial charge in [-0.3, -0.25) is 4.79 Å². The zero-order chi connectivity index (χ0) is 14.2. The van der Waals surface area contributed by atoms with Crippen LogP contribution < -0.4 is 0 Å². The van der Waals surface area contributed by atoms with E-state index in [0.717, 1.165) is 4.57 Å². The van der Waals surface area contributed by atoms with Gasteiger partial charge in [0.15, 0.2) is 0 Å². The summed E-state index contributed by atoms with van der Waals surface area (Å²) in [6.45, 7) is -0.616. The van der Waals surface area contributed by atoms with Crippen LogP contribution in [0, 0.1) is 0 Å². The number of carbonyl (C=O) groups is 3. The fraction of sp³-hybridized carbons (Fsp3) is 0.0833. The Kier molecular flexibility index (Phi) is 2.95. The number of nitrogens with zero attached hydrogens (tertiary/aromatic N) is 1. The molecule has 0 saturated heterocycles. The van der Waals surface area contributed by atoms with Gasteiger partial charge in [-0.2, -0.15) is 0 Å². The summed E-state index contributed by atoms with van der Waals surface area (Å²) in [6, 6.07) is 6.07. The lowest BCUT2D eigenvalue weighted by atomic mass is 10.1. The SMILES string of the molecule is O=C(O)Cn1c(C(=O)O)c(C(=O)O)c2ccccc21. The van der Waals surface area contributed by atoms with Crippen molar-refractivity contribution < 1.29 is 29.7 Å². The van der Waals surface area contributed by atoms with Gasteiger partial charge in [-0.05, 0) is 6.07 Å². The lowest BCUT2D eigenvalue weighted by Gasteiger charge is -2.04. The summed E-state index contributed by atoms with van der Waals surface area (Å²) in [5.74, 6) is -4.13. The number of carboxylic acids is 3. The second-order valence-electron chi connectivity index (χ2n) is 3.83. The average Bonchev–Trinajstić information content (AvgIpc) is 2.63. The van der Waals surface area contributed by atoms with Crippen molar-refractivity contribution in [2.75, 3.05) is 0 Å². The molecule has 0 amide bonds. The van der Waals surface area contributed by atoms with Crippen LogP contribution in [0.2, 0.25) is 0 Å². The number of aromatic carboxylic acids is 2. The Morgan fingerprint density at radius 2 is 1.63 bits per heavy atom. The summed E-state index contributed by atoms with van der Waals surface area (Å²) in [6.07, 6.45) is 0. The molecule has 1 aromatic carbocycles. The maximum absolute atomic E-state index is 11.2. The highest BCUT2D eigenvalue weighted by atomic mass is 16.4. The number of hydrogen-bond acceptors (Lipinski definition) is 3. The number of para-hydroxylation sites is 1. The molecule has 0 unspecified atom stereocenters. The third-order valence-corrected chi connectivity index (χ3v) is 2.68. The highest BCUT2D eigenvalue weighted by molar-refractivity contribution is 6.12. The normalized spacial score (nSPS) is 10.5. The summed E-state index contributed by atoms with van der Waals surface area (Å²) in [7, 11) is 0. The zero-order valence-electron chi connectivity index (χ0n) is 9.53. The molecule has 98 valence electrons. The molecule has 0 aliphatic carbocycles. The van der Waals surface area contributed by atoms with E-state index in [9.17, 15) is 14.4 Å². The third kappa shape index (κ3) is 2.01. The third-order valence-electron chi connectivity index (χ3n) is 2.68. The van der Waals surface area contributed by atoms with Crippen LogP contribution in [-0.2, 0) is 11.3 Å². The molecule has 0 aliphatic rings. The molecule has 0 bridgehead atoms. The predicted octanol–water partition coefficient (Wildman–Crippen LogP) is 1.12. The second kappa shape index (κ2) is 4.45. The molecule has 19 heavy (non-hydrogen) atoms. The van der Waals surface area contributed by atoms with Gasteiger partial charge in [0, 0.05) is 5.39 Å². The van der Waals surface area contributed by atoms with Gasteiger partial charge < -0.3 is 19.9 Å². The van der Waals surface area contributed by atoms with E-state index in [4.69, 9.17) is 15.3 Å². The van der Waals surface area contributed by atoms with Gasteiger partial charge in [-0.1, -0.05) is 18.2 Å². The molecule has 0 spiro atoms. The molecular weight excluding hydrogens is 254 g/mol. The van der Waals surface area contributed by atoms with Gasteiger partial charge in [0.05, 0.1) is 11.1 Å². The Bertz CT molecular complexity index is 700. The van der Waals surface area contributed by atoms with E-state index in [1.807, 2.05) is 0 Å². The Balaban J connectivity index is 2.91. The van der Waals surface area contributed by atoms with E-state index in [-0.39, 0.29) is 10.9 Å². The van der Waals surface area contributed by atoms with Crippen molar-refractivity contribution in [3.63, 3.8) is 0 Å². The lowest BCUT2D eigenvalue weighted by Crippen LogP contribution is -2.17. The number of fused-ring (bicyclic) bond motifs is 1. The highest BCUT2D eigenvalue weighted by Gasteiger charge is 2.27. The van der Waals surface area contributed by atoms with Crippen molar-refractivity contribution in [2.24, 2.45) is 0 Å². The Morgan fingerprint density at radius 3 is 2.16 bits per heavy atom. The van der Waals surface area contributed by atoms with Crippen LogP contribution in [0.3, 0.4) is 0 Å². The van der Waals surface area contributed by atoms with E-state index in [1.165, 1.54) is 12.1 Å². The maximum atomic E-state index is 11.2. The topological polar surface area (TPSA) is 117 Å². The van der Waals surface area contributed by atoms with Crippen LogP contribution in [0.5, 0.6) is 0 Å². The average molecular weight is 263 g/mol. The van der Waals surface area contributed by atoms with Gasteiger partial charge in [-0.25, -0.2) is 9.59 Å². The summed E-state index contributed by atoms with van der Waals surface area (Å²) < 4.78 is 0.976. The van der Waals surface area contributed by atoms with Crippen LogP contribution in [-0.4, -0.2) is 37.8 Å². The minimum Gasteiger partial charge on any atom is -0.480 e. The summed E-state index contributed by atoms with van der Waals surface area (Å²) >= 11 is 0. The molecule has 0 atom stereocenters. The fourth-order valence-corrected chi connectivity index (χ4v) is 2.04. The minimum absolute atomic E-state index is 0.202. The van der Waals surface area contributed by atoms with Crippen LogP contribution in [0.1, 0.15) is 20.8 Å². The summed E-state index contributed by atoms with van der Waals surface area (Å²) in [4.78, 5) is 33.2. The van der Waals surface area contributed by atoms with Gasteiger partial charge in [0.2, 0.25) is 0 Å². The van der Waals surface area contributed by atoms with Crippen molar-refractivity contribution in [3.8, 4) is 0 Å². The zero-order valence-corrected chi connectivity index (χ0v) is 9.53. The summed E-state index contributed by atoms with van der Waals surface area (Å²) in [5.41, 5.74) is -0.667. The van der Waals surface area contributed by atoms with Crippen molar-refractivity contribution >= 4 is 28.8 Å². The molecule has 0 fully saturated rings. The van der Waals surface area contributed by atoms with Crippen LogP contribution in [0.15, 0.2) is 24.3 Å². The van der Waals surface area contributed by atoms with E-state index in [0.29, 0.717) is 0 Å². The van der Waals surface area contributed by atoms with Gasteiger partial charge in [0.25, 0.3) is 0 Å². The van der Waals surface area contributed by atoms with Crippen molar-refractivity contribution in [2.45, 2.75) is 6.54 Å². The van der Waals surface area contributed by atoms with Gasteiger partial charge >= 0.3 is 17.9 Å². The molecule has 7 nitrogen and oxygen atoms in total. The van der Waals surface area contributed by atoms with Crippen LogP contribution >= 0.6 is 0 Å². The lowest BCUT2D eigenvalue weighted by molar-refractivity contribution is -0.137. The largest absolute Gasteiger partial charge is 0.480 e. The first-order valence-corrected chi connectivity index (χ1v) is 5.23. The first-order chi connectivity index (χ1) is 8.93.